The Morgan fingerprint density at radius 3 is 2.67 bits per heavy atom. The number of carbonyl (C=O) groups is 2. The largest absolute Gasteiger partial charge is 0.476 e. The Labute approximate surface area is 146 Å². The molecule has 3 rings (SSSR count). The van der Waals surface area contributed by atoms with E-state index >= 15 is 0 Å². The van der Waals surface area contributed by atoms with Gasteiger partial charge in [0.2, 0.25) is 5.69 Å². The predicted octanol–water partition coefficient (Wildman–Crippen LogP) is 2.24. The van der Waals surface area contributed by atoms with Crippen LogP contribution in [0.15, 0.2) is 24.3 Å². The van der Waals surface area contributed by atoms with Crippen molar-refractivity contribution in [3.8, 4) is 0 Å². The Morgan fingerprint density at radius 1 is 1.25 bits per heavy atom. The third kappa shape index (κ3) is 3.57. The molecule has 0 atom stereocenters. The fraction of sp³-hybridized carbons (Fsp3) is 0.286. The van der Waals surface area contributed by atoms with Crippen LogP contribution in [0.5, 0.6) is 0 Å². The minimum absolute atomic E-state index is 0.143. The molecule has 0 spiro atoms. The Balaban J connectivity index is 1.59. The molecule has 0 radical (unpaired) electrons. The van der Waals surface area contributed by atoms with Crippen molar-refractivity contribution in [3.05, 3.63) is 35.0 Å². The first-order valence-electron chi connectivity index (χ1n) is 7.16. The zero-order chi connectivity index (χ0) is 17.1. The Morgan fingerprint density at radius 2 is 2.00 bits per heavy atom. The number of hydrogen-bond acceptors (Lipinski definition) is 6. The van der Waals surface area contributed by atoms with Crippen LogP contribution in [0.3, 0.4) is 0 Å². The summed E-state index contributed by atoms with van der Waals surface area (Å²) in [6.07, 6.45) is 0. The van der Waals surface area contributed by atoms with E-state index in [1.807, 2.05) is 24.3 Å². The number of nitrogens with one attached hydrogen (secondary N) is 1. The first-order chi connectivity index (χ1) is 11.5. The zero-order valence-corrected chi connectivity index (χ0v) is 14.0. The number of carboxylic acid groups (broad SMARTS) is 1. The van der Waals surface area contributed by atoms with Gasteiger partial charge in [0, 0.05) is 48.4 Å². The minimum atomic E-state index is -1.22. The van der Waals surface area contributed by atoms with Gasteiger partial charge in [-0.1, -0.05) is 22.2 Å². The molecule has 2 aromatic rings. The number of piperazine rings is 1. The van der Waals surface area contributed by atoms with E-state index in [4.69, 9.17) is 16.7 Å². The first kappa shape index (κ1) is 16.5. The van der Waals surface area contributed by atoms with Crippen LogP contribution in [-0.2, 0) is 0 Å². The van der Waals surface area contributed by atoms with Gasteiger partial charge in [0.05, 0.1) is 0 Å². The summed E-state index contributed by atoms with van der Waals surface area (Å²) in [6.45, 7) is 2.38. The predicted molar refractivity (Wildman–Crippen MR) is 91.1 cm³/mol. The van der Waals surface area contributed by atoms with Crippen LogP contribution in [0.2, 0.25) is 5.02 Å². The van der Waals surface area contributed by atoms with Gasteiger partial charge in [0.1, 0.15) is 0 Å². The molecule has 2 N–H and O–H groups in total. The van der Waals surface area contributed by atoms with E-state index in [1.165, 1.54) is 0 Å². The number of rotatable bonds is 3. The van der Waals surface area contributed by atoms with Gasteiger partial charge in [0.25, 0.3) is 0 Å². The molecule has 24 heavy (non-hydrogen) atoms. The van der Waals surface area contributed by atoms with Gasteiger partial charge in [-0.25, -0.2) is 9.59 Å². The van der Waals surface area contributed by atoms with Gasteiger partial charge in [-0.2, -0.15) is 0 Å². The molecule has 126 valence electrons. The number of hydrogen-bond donors (Lipinski definition) is 2. The second-order valence-electron chi connectivity index (χ2n) is 5.14. The SMILES string of the molecule is O=C(O)c1nnsc1NC(=O)N1CCN(c2cccc(Cl)c2)CC1. The third-order valence-electron chi connectivity index (χ3n) is 3.65. The van der Waals surface area contributed by atoms with Crippen molar-refractivity contribution in [1.29, 1.82) is 0 Å². The molecule has 1 aliphatic rings. The number of benzene rings is 1. The number of urea groups is 1. The maximum Gasteiger partial charge on any atom is 0.359 e. The van der Waals surface area contributed by atoms with Crippen LogP contribution in [-0.4, -0.2) is 57.8 Å². The Kier molecular flexibility index (Phi) is 4.81. The van der Waals surface area contributed by atoms with Crippen molar-refractivity contribution in [3.63, 3.8) is 0 Å². The summed E-state index contributed by atoms with van der Waals surface area (Å²) in [6, 6.07) is 7.22. The summed E-state index contributed by atoms with van der Waals surface area (Å²) < 4.78 is 3.56. The average Bonchev–Trinajstić information content (AvgIpc) is 3.03. The highest BCUT2D eigenvalue weighted by Crippen LogP contribution is 2.22. The first-order valence-corrected chi connectivity index (χ1v) is 8.32. The monoisotopic (exact) mass is 367 g/mol. The van der Waals surface area contributed by atoms with E-state index in [9.17, 15) is 9.59 Å². The van der Waals surface area contributed by atoms with E-state index in [2.05, 4.69) is 19.8 Å². The second-order valence-corrected chi connectivity index (χ2v) is 6.33. The quantitative estimate of drug-likeness (QED) is 0.863. The smallest absolute Gasteiger partial charge is 0.359 e. The molecule has 1 aromatic carbocycles. The number of carboxylic acids is 1. The molecule has 2 heterocycles. The van der Waals surface area contributed by atoms with Gasteiger partial charge in [-0.3, -0.25) is 5.32 Å². The van der Waals surface area contributed by atoms with E-state index in [1.54, 1.807) is 4.90 Å². The molecule has 1 aromatic heterocycles. The summed E-state index contributed by atoms with van der Waals surface area (Å²) in [7, 11) is 0. The minimum Gasteiger partial charge on any atom is -0.476 e. The second kappa shape index (κ2) is 7.02. The van der Waals surface area contributed by atoms with Crippen LogP contribution in [0.4, 0.5) is 15.5 Å². The van der Waals surface area contributed by atoms with Gasteiger partial charge in [-0.05, 0) is 18.2 Å². The lowest BCUT2D eigenvalue weighted by molar-refractivity contribution is 0.0691. The van der Waals surface area contributed by atoms with E-state index in [-0.39, 0.29) is 16.7 Å². The highest BCUT2D eigenvalue weighted by molar-refractivity contribution is 7.10. The molecular weight excluding hydrogens is 354 g/mol. The topological polar surface area (TPSA) is 98.7 Å². The van der Waals surface area contributed by atoms with E-state index in [0.29, 0.717) is 31.2 Å². The summed E-state index contributed by atoms with van der Waals surface area (Å²) in [5, 5.41) is 15.9. The van der Waals surface area contributed by atoms with Gasteiger partial charge in [0.15, 0.2) is 5.00 Å². The van der Waals surface area contributed by atoms with Crippen molar-refractivity contribution in [1.82, 2.24) is 14.5 Å². The Bertz CT molecular complexity index is 760. The molecule has 0 unspecified atom stereocenters. The lowest BCUT2D eigenvalue weighted by Gasteiger charge is -2.36. The van der Waals surface area contributed by atoms with Crippen LogP contribution in [0.25, 0.3) is 0 Å². The molecule has 8 nitrogen and oxygen atoms in total. The fourth-order valence-corrected chi connectivity index (χ4v) is 3.17. The van der Waals surface area contributed by atoms with Crippen molar-refractivity contribution >= 4 is 45.8 Å². The van der Waals surface area contributed by atoms with Crippen LogP contribution in [0, 0.1) is 0 Å². The molecule has 0 saturated carbocycles. The summed E-state index contributed by atoms with van der Waals surface area (Å²) >= 11 is 6.85. The molecule has 10 heteroatoms. The van der Waals surface area contributed by atoms with Crippen molar-refractivity contribution in [2.24, 2.45) is 0 Å². The molecule has 0 bridgehead atoms. The molecule has 0 aliphatic carbocycles. The number of nitrogens with zero attached hydrogens (tertiary/aromatic N) is 4. The molecule has 1 saturated heterocycles. The van der Waals surface area contributed by atoms with E-state index in [0.717, 1.165) is 17.2 Å². The standard InChI is InChI=1S/C14H14ClN5O3S/c15-9-2-1-3-10(8-9)19-4-6-20(7-5-19)14(23)16-12-11(13(21)22)17-18-24-12/h1-3,8H,4-7H2,(H,16,23)(H,21,22). The summed E-state index contributed by atoms with van der Waals surface area (Å²) in [4.78, 5) is 27.0. The number of aromatic nitrogens is 2. The van der Waals surface area contributed by atoms with Crippen molar-refractivity contribution in [2.75, 3.05) is 36.4 Å². The highest BCUT2D eigenvalue weighted by Gasteiger charge is 2.24. The number of aromatic carboxylic acids is 1. The van der Waals surface area contributed by atoms with Crippen LogP contribution < -0.4 is 10.2 Å². The molecule has 2 amide bonds. The van der Waals surface area contributed by atoms with Gasteiger partial charge in [-0.15, -0.1) is 5.10 Å². The van der Waals surface area contributed by atoms with Gasteiger partial charge >= 0.3 is 12.0 Å². The van der Waals surface area contributed by atoms with Gasteiger partial charge < -0.3 is 14.9 Å². The highest BCUT2D eigenvalue weighted by atomic mass is 35.5. The normalized spacial score (nSPS) is 14.5. The number of amides is 2. The zero-order valence-electron chi connectivity index (χ0n) is 12.5. The summed E-state index contributed by atoms with van der Waals surface area (Å²) in [5.74, 6) is -1.22. The maximum absolute atomic E-state index is 12.3. The average molecular weight is 368 g/mol. The molecular formula is C14H14ClN5O3S. The number of carbonyl (C=O) groups excluding carboxylic acids is 1. The number of halogens is 1. The molecule has 1 aliphatic heterocycles. The van der Waals surface area contributed by atoms with Crippen molar-refractivity contribution < 1.29 is 14.7 Å². The Hall–Kier alpha value is -2.39. The fourth-order valence-electron chi connectivity index (χ4n) is 2.43. The van der Waals surface area contributed by atoms with Crippen LogP contribution >= 0.6 is 23.1 Å². The third-order valence-corrected chi connectivity index (χ3v) is 4.53. The lowest BCUT2D eigenvalue weighted by atomic mass is 10.2. The maximum atomic E-state index is 12.3. The van der Waals surface area contributed by atoms with E-state index < -0.39 is 5.97 Å². The van der Waals surface area contributed by atoms with Crippen molar-refractivity contribution in [2.45, 2.75) is 0 Å². The number of anilines is 2. The van der Waals surface area contributed by atoms with Crippen LogP contribution in [0.1, 0.15) is 10.5 Å². The lowest BCUT2D eigenvalue weighted by Crippen LogP contribution is -2.50. The summed E-state index contributed by atoms with van der Waals surface area (Å²) in [5.41, 5.74) is 0.772. The molecule has 1 fully saturated rings.